The van der Waals surface area contributed by atoms with Gasteiger partial charge < -0.3 is 14.4 Å². The highest BCUT2D eigenvalue weighted by Crippen LogP contribution is 2.31. The topological polar surface area (TPSA) is 72.9 Å². The summed E-state index contributed by atoms with van der Waals surface area (Å²) in [6.07, 6.45) is -2.45. The zero-order valence-corrected chi connectivity index (χ0v) is 17.3. The van der Waals surface area contributed by atoms with Crippen molar-refractivity contribution in [2.45, 2.75) is 38.5 Å². The van der Waals surface area contributed by atoms with Gasteiger partial charge in [0.15, 0.2) is 9.84 Å². The third kappa shape index (κ3) is 7.41. The SMILES string of the molecule is CCCCOC(=O)N1CC[C@H]([C@@H](CS(C)(=O)=O)Oc2ccc(C(F)(F)F)cc2)C1. The van der Waals surface area contributed by atoms with Gasteiger partial charge in [-0.05, 0) is 37.1 Å². The molecule has 0 bridgehead atoms. The first-order chi connectivity index (χ1) is 13.5. The van der Waals surface area contributed by atoms with Crippen LogP contribution in [0.1, 0.15) is 31.7 Å². The molecule has 1 heterocycles. The van der Waals surface area contributed by atoms with E-state index in [1.807, 2.05) is 6.92 Å². The van der Waals surface area contributed by atoms with E-state index in [-0.39, 0.29) is 24.0 Å². The number of hydrogen-bond donors (Lipinski definition) is 0. The van der Waals surface area contributed by atoms with E-state index in [1.54, 1.807) is 0 Å². The molecule has 1 aliphatic heterocycles. The van der Waals surface area contributed by atoms with Crippen molar-refractivity contribution in [2.24, 2.45) is 5.92 Å². The number of alkyl halides is 3. The van der Waals surface area contributed by atoms with Gasteiger partial charge in [0, 0.05) is 25.3 Å². The second-order valence-electron chi connectivity index (χ2n) is 7.23. The summed E-state index contributed by atoms with van der Waals surface area (Å²) in [5.41, 5.74) is -0.814. The van der Waals surface area contributed by atoms with Gasteiger partial charge in [0.1, 0.15) is 11.9 Å². The molecular formula is C19H26F3NO5S. The molecule has 1 saturated heterocycles. The second kappa shape index (κ2) is 9.69. The predicted molar refractivity (Wildman–Crippen MR) is 102 cm³/mol. The standard InChI is InChI=1S/C19H26F3NO5S/c1-3-4-11-27-18(24)23-10-9-14(12-23)17(13-29(2,25)26)28-16-7-5-15(6-8-16)19(20,21)22/h5-8,14,17H,3-4,9-13H2,1-2H3/t14-,17+/m0/s1. The van der Waals surface area contributed by atoms with Crippen LogP contribution in [0.5, 0.6) is 5.75 Å². The van der Waals surface area contributed by atoms with E-state index in [9.17, 15) is 26.4 Å². The Balaban J connectivity index is 2.06. The molecule has 1 aromatic carbocycles. The Morgan fingerprint density at radius 3 is 2.48 bits per heavy atom. The molecule has 1 amide bonds. The molecule has 164 valence electrons. The quantitative estimate of drug-likeness (QED) is 0.579. The number of nitrogens with zero attached hydrogens (tertiary/aromatic N) is 1. The Labute approximate surface area is 168 Å². The van der Waals surface area contributed by atoms with E-state index in [1.165, 1.54) is 17.0 Å². The summed E-state index contributed by atoms with van der Waals surface area (Å²) in [4.78, 5) is 13.6. The molecule has 1 fully saturated rings. The molecule has 29 heavy (non-hydrogen) atoms. The van der Waals surface area contributed by atoms with Crippen LogP contribution in [0.15, 0.2) is 24.3 Å². The second-order valence-corrected chi connectivity index (χ2v) is 9.42. The van der Waals surface area contributed by atoms with Crippen molar-refractivity contribution >= 4 is 15.9 Å². The first-order valence-corrected chi connectivity index (χ1v) is 11.5. The summed E-state index contributed by atoms with van der Waals surface area (Å²) in [6, 6.07) is 4.12. The maximum absolute atomic E-state index is 12.7. The molecule has 1 aliphatic rings. The monoisotopic (exact) mass is 437 g/mol. The molecule has 0 aromatic heterocycles. The molecular weight excluding hydrogens is 411 g/mol. The summed E-state index contributed by atoms with van der Waals surface area (Å²) >= 11 is 0. The highest BCUT2D eigenvalue weighted by Gasteiger charge is 2.36. The number of carbonyl (C=O) groups is 1. The molecule has 1 aromatic rings. The minimum absolute atomic E-state index is 0.149. The van der Waals surface area contributed by atoms with Crippen molar-refractivity contribution in [1.82, 2.24) is 4.90 Å². The summed E-state index contributed by atoms with van der Waals surface area (Å²) in [5, 5.41) is 0. The van der Waals surface area contributed by atoms with Crippen LogP contribution in [0, 0.1) is 5.92 Å². The van der Waals surface area contributed by atoms with Crippen LogP contribution in [0.2, 0.25) is 0 Å². The number of rotatable bonds is 8. The van der Waals surface area contributed by atoms with E-state index in [2.05, 4.69) is 0 Å². The Hall–Kier alpha value is -1.97. The lowest BCUT2D eigenvalue weighted by atomic mass is 10.0. The van der Waals surface area contributed by atoms with Gasteiger partial charge in [-0.25, -0.2) is 13.2 Å². The fraction of sp³-hybridized carbons (Fsp3) is 0.632. The number of ether oxygens (including phenoxy) is 2. The number of benzene rings is 1. The Morgan fingerprint density at radius 1 is 1.28 bits per heavy atom. The van der Waals surface area contributed by atoms with Gasteiger partial charge in [0.05, 0.1) is 17.9 Å². The predicted octanol–water partition coefficient (Wildman–Crippen LogP) is 3.76. The lowest BCUT2D eigenvalue weighted by Crippen LogP contribution is -2.37. The molecule has 6 nitrogen and oxygen atoms in total. The largest absolute Gasteiger partial charge is 0.489 e. The highest BCUT2D eigenvalue weighted by atomic mass is 32.2. The number of amides is 1. The summed E-state index contributed by atoms with van der Waals surface area (Å²) < 4.78 is 72.7. The number of hydrogen-bond acceptors (Lipinski definition) is 5. The normalized spacial score (nSPS) is 18.5. The van der Waals surface area contributed by atoms with Crippen molar-refractivity contribution in [3.05, 3.63) is 29.8 Å². The Morgan fingerprint density at radius 2 is 1.93 bits per heavy atom. The number of carbonyl (C=O) groups excluding carboxylic acids is 1. The zero-order valence-electron chi connectivity index (χ0n) is 16.4. The first kappa shape index (κ1) is 23.3. The minimum Gasteiger partial charge on any atom is -0.489 e. The smallest absolute Gasteiger partial charge is 0.416 e. The molecule has 0 N–H and O–H groups in total. The summed E-state index contributed by atoms with van der Waals surface area (Å²) in [7, 11) is -3.41. The van der Waals surface area contributed by atoms with Crippen LogP contribution in [0.3, 0.4) is 0 Å². The molecule has 0 aliphatic carbocycles. The average molecular weight is 437 g/mol. The van der Waals surface area contributed by atoms with Gasteiger partial charge in [-0.3, -0.25) is 0 Å². The molecule has 0 unspecified atom stereocenters. The van der Waals surface area contributed by atoms with Crippen molar-refractivity contribution in [1.29, 1.82) is 0 Å². The van der Waals surface area contributed by atoms with E-state index < -0.39 is 33.8 Å². The van der Waals surface area contributed by atoms with Gasteiger partial charge in [-0.2, -0.15) is 13.2 Å². The average Bonchev–Trinajstić information content (AvgIpc) is 3.10. The maximum atomic E-state index is 12.7. The fourth-order valence-corrected chi connectivity index (χ4v) is 4.05. The zero-order chi connectivity index (χ0) is 21.7. The molecule has 0 saturated carbocycles. The van der Waals surface area contributed by atoms with Gasteiger partial charge in [0.25, 0.3) is 0 Å². The Bertz CT molecular complexity index is 780. The van der Waals surface area contributed by atoms with Crippen LogP contribution in [-0.4, -0.2) is 57.2 Å². The lowest BCUT2D eigenvalue weighted by Gasteiger charge is -2.25. The number of likely N-dealkylation sites (tertiary alicyclic amines) is 1. The third-order valence-corrected chi connectivity index (χ3v) is 5.60. The lowest BCUT2D eigenvalue weighted by molar-refractivity contribution is -0.137. The van der Waals surface area contributed by atoms with E-state index in [4.69, 9.17) is 9.47 Å². The molecule has 2 atom stereocenters. The van der Waals surface area contributed by atoms with Crippen LogP contribution < -0.4 is 4.74 Å². The van der Waals surface area contributed by atoms with Crippen LogP contribution >= 0.6 is 0 Å². The van der Waals surface area contributed by atoms with E-state index in [0.717, 1.165) is 31.2 Å². The number of unbranched alkanes of at least 4 members (excludes halogenated alkanes) is 1. The Kier molecular flexibility index (Phi) is 7.79. The summed E-state index contributed by atoms with van der Waals surface area (Å²) in [6.45, 7) is 2.98. The number of halogens is 3. The van der Waals surface area contributed by atoms with Crippen LogP contribution in [-0.2, 0) is 20.8 Å². The van der Waals surface area contributed by atoms with Gasteiger partial charge >= 0.3 is 12.3 Å². The van der Waals surface area contributed by atoms with Gasteiger partial charge in [0.2, 0.25) is 0 Å². The van der Waals surface area contributed by atoms with Gasteiger partial charge in [-0.1, -0.05) is 13.3 Å². The van der Waals surface area contributed by atoms with Crippen molar-refractivity contribution < 1.29 is 35.9 Å². The number of sulfone groups is 1. The first-order valence-electron chi connectivity index (χ1n) is 9.43. The molecule has 10 heteroatoms. The molecule has 2 rings (SSSR count). The highest BCUT2D eigenvalue weighted by molar-refractivity contribution is 7.90. The van der Waals surface area contributed by atoms with Crippen molar-refractivity contribution in [2.75, 3.05) is 31.7 Å². The molecule has 0 spiro atoms. The van der Waals surface area contributed by atoms with Crippen LogP contribution in [0.25, 0.3) is 0 Å². The van der Waals surface area contributed by atoms with Crippen molar-refractivity contribution in [3.8, 4) is 5.75 Å². The van der Waals surface area contributed by atoms with Gasteiger partial charge in [-0.15, -0.1) is 0 Å². The van der Waals surface area contributed by atoms with E-state index >= 15 is 0 Å². The van der Waals surface area contributed by atoms with Crippen LogP contribution in [0.4, 0.5) is 18.0 Å². The van der Waals surface area contributed by atoms with E-state index in [0.29, 0.717) is 19.6 Å². The third-order valence-electron chi connectivity index (χ3n) is 4.67. The minimum atomic E-state index is -4.46. The fourth-order valence-electron chi connectivity index (χ4n) is 3.11. The van der Waals surface area contributed by atoms with Crippen molar-refractivity contribution in [3.63, 3.8) is 0 Å². The molecule has 0 radical (unpaired) electrons. The maximum Gasteiger partial charge on any atom is 0.416 e. The summed E-state index contributed by atoms with van der Waals surface area (Å²) in [5.74, 6) is -0.418.